The van der Waals surface area contributed by atoms with Crippen LogP contribution < -0.4 is 10.2 Å². The number of sulfone groups is 1. The molecule has 0 spiro atoms. The van der Waals surface area contributed by atoms with Crippen LogP contribution >= 0.6 is 0 Å². The highest BCUT2D eigenvalue weighted by Gasteiger charge is 2.36. The lowest BCUT2D eigenvalue weighted by Crippen LogP contribution is -2.48. The van der Waals surface area contributed by atoms with Crippen LogP contribution in [0.3, 0.4) is 0 Å². The molecule has 1 aliphatic rings. The fourth-order valence-electron chi connectivity index (χ4n) is 2.96. The third-order valence-electron chi connectivity index (χ3n) is 4.51. The molecule has 0 radical (unpaired) electrons. The number of benzene rings is 1. The Labute approximate surface area is 161 Å². The van der Waals surface area contributed by atoms with Crippen LogP contribution in [0, 0.1) is 0 Å². The van der Waals surface area contributed by atoms with E-state index < -0.39 is 27.7 Å². The Morgan fingerprint density at radius 2 is 1.85 bits per heavy atom. The van der Waals surface area contributed by atoms with Crippen molar-refractivity contribution in [2.24, 2.45) is 0 Å². The van der Waals surface area contributed by atoms with Gasteiger partial charge in [0.2, 0.25) is 0 Å². The van der Waals surface area contributed by atoms with Gasteiger partial charge in [-0.25, -0.2) is 8.42 Å². The summed E-state index contributed by atoms with van der Waals surface area (Å²) >= 11 is 0. The van der Waals surface area contributed by atoms with Crippen LogP contribution in [-0.2, 0) is 19.4 Å². The molecule has 2 rings (SSSR count). The van der Waals surface area contributed by atoms with Crippen molar-refractivity contribution in [3.8, 4) is 0 Å². The van der Waals surface area contributed by atoms with Crippen molar-refractivity contribution in [1.82, 2.24) is 9.80 Å². The first-order valence-electron chi connectivity index (χ1n) is 8.83. The summed E-state index contributed by atoms with van der Waals surface area (Å²) in [6, 6.07) is 6.71. The molecule has 0 aromatic heterocycles. The Bertz CT molecular complexity index is 792. The van der Waals surface area contributed by atoms with Crippen molar-refractivity contribution in [1.29, 1.82) is 0 Å². The molecular weight excluding hydrogens is 368 g/mol. The van der Waals surface area contributed by atoms with E-state index in [1.54, 1.807) is 18.2 Å². The molecule has 1 unspecified atom stereocenters. The average molecular weight is 397 g/mol. The number of anilines is 2. The van der Waals surface area contributed by atoms with Crippen LogP contribution in [0.25, 0.3) is 0 Å². The largest absolute Gasteiger partial charge is 0.378 e. The Balaban J connectivity index is 2.13. The van der Waals surface area contributed by atoms with E-state index in [1.165, 1.54) is 4.90 Å². The summed E-state index contributed by atoms with van der Waals surface area (Å²) in [5.74, 6) is -1.49. The van der Waals surface area contributed by atoms with E-state index in [-0.39, 0.29) is 11.5 Å². The lowest BCUT2D eigenvalue weighted by atomic mass is 10.2. The molecule has 150 valence electrons. The standard InChI is InChI=1S/C18H28N4O4S/c1-20(2)9-10-22(16-8-11-27(25,26)13-16)18(24)17(23)19-14-6-5-7-15(12-14)21(3)4/h5-7,12,16H,8-11,13H2,1-4H3,(H,19,23). The molecule has 1 aliphatic heterocycles. The van der Waals surface area contributed by atoms with E-state index in [1.807, 2.05) is 44.1 Å². The first kappa shape index (κ1) is 21.2. The Morgan fingerprint density at radius 1 is 1.15 bits per heavy atom. The smallest absolute Gasteiger partial charge is 0.313 e. The molecule has 1 aromatic carbocycles. The van der Waals surface area contributed by atoms with Crippen molar-refractivity contribution in [3.05, 3.63) is 24.3 Å². The highest BCUT2D eigenvalue weighted by Crippen LogP contribution is 2.20. The Morgan fingerprint density at radius 3 is 2.41 bits per heavy atom. The summed E-state index contributed by atoms with van der Waals surface area (Å²) in [5, 5.41) is 2.63. The van der Waals surface area contributed by atoms with Gasteiger partial charge >= 0.3 is 11.8 Å². The first-order chi connectivity index (χ1) is 12.6. The van der Waals surface area contributed by atoms with Gasteiger partial charge in [0.25, 0.3) is 0 Å². The number of nitrogens with one attached hydrogen (secondary N) is 1. The van der Waals surface area contributed by atoms with Crippen molar-refractivity contribution >= 4 is 33.0 Å². The first-order valence-corrected chi connectivity index (χ1v) is 10.7. The van der Waals surface area contributed by atoms with Gasteiger partial charge in [-0.05, 0) is 38.7 Å². The summed E-state index contributed by atoms with van der Waals surface area (Å²) < 4.78 is 23.6. The Kier molecular flexibility index (Phi) is 6.83. The molecule has 1 fully saturated rings. The molecule has 8 nitrogen and oxygen atoms in total. The highest BCUT2D eigenvalue weighted by atomic mass is 32.2. The van der Waals surface area contributed by atoms with Crippen LogP contribution in [0.1, 0.15) is 6.42 Å². The number of carbonyl (C=O) groups excluding carboxylic acids is 2. The monoisotopic (exact) mass is 396 g/mol. The molecule has 27 heavy (non-hydrogen) atoms. The van der Waals surface area contributed by atoms with Gasteiger partial charge in [-0.2, -0.15) is 0 Å². The lowest BCUT2D eigenvalue weighted by molar-refractivity contribution is -0.144. The maximum atomic E-state index is 12.8. The second kappa shape index (κ2) is 8.71. The molecule has 1 aromatic rings. The summed E-state index contributed by atoms with van der Waals surface area (Å²) in [6.07, 6.45) is 0.366. The van der Waals surface area contributed by atoms with Gasteiger partial charge in [-0.1, -0.05) is 6.07 Å². The SMILES string of the molecule is CN(C)CCN(C(=O)C(=O)Nc1cccc(N(C)C)c1)C1CCS(=O)(=O)C1. The zero-order valence-corrected chi connectivity index (χ0v) is 17.1. The van der Waals surface area contributed by atoms with E-state index in [0.717, 1.165) is 5.69 Å². The predicted octanol–water partition coefficient (Wildman–Crippen LogP) is 0.268. The molecule has 0 bridgehead atoms. The number of hydrogen-bond acceptors (Lipinski definition) is 6. The molecule has 1 N–H and O–H groups in total. The minimum Gasteiger partial charge on any atom is -0.378 e. The van der Waals surface area contributed by atoms with Crippen molar-refractivity contribution in [2.45, 2.75) is 12.5 Å². The van der Waals surface area contributed by atoms with Gasteiger partial charge in [0.15, 0.2) is 9.84 Å². The number of rotatable bonds is 6. The van der Waals surface area contributed by atoms with E-state index >= 15 is 0 Å². The second-order valence-electron chi connectivity index (χ2n) is 7.26. The summed E-state index contributed by atoms with van der Waals surface area (Å²) in [7, 11) is 4.34. The normalized spacial score (nSPS) is 18.3. The molecule has 1 heterocycles. The molecule has 9 heteroatoms. The van der Waals surface area contributed by atoms with E-state index in [2.05, 4.69) is 5.32 Å². The van der Waals surface area contributed by atoms with Gasteiger partial charge in [0, 0.05) is 44.6 Å². The lowest BCUT2D eigenvalue weighted by Gasteiger charge is -2.29. The predicted molar refractivity (Wildman–Crippen MR) is 107 cm³/mol. The molecule has 1 saturated heterocycles. The summed E-state index contributed by atoms with van der Waals surface area (Å²) in [6.45, 7) is 0.850. The van der Waals surface area contributed by atoms with Crippen molar-refractivity contribution < 1.29 is 18.0 Å². The number of likely N-dealkylation sites (N-methyl/N-ethyl adjacent to an activating group) is 1. The number of nitrogens with zero attached hydrogens (tertiary/aromatic N) is 3. The summed E-state index contributed by atoms with van der Waals surface area (Å²) in [4.78, 5) is 30.5. The number of amides is 2. The van der Waals surface area contributed by atoms with Crippen LogP contribution in [0.5, 0.6) is 0 Å². The molecule has 0 saturated carbocycles. The van der Waals surface area contributed by atoms with Crippen LogP contribution in [0.2, 0.25) is 0 Å². The van der Waals surface area contributed by atoms with E-state index in [4.69, 9.17) is 0 Å². The Hall–Kier alpha value is -2.13. The third kappa shape index (κ3) is 5.93. The van der Waals surface area contributed by atoms with E-state index in [9.17, 15) is 18.0 Å². The number of carbonyl (C=O) groups is 2. The van der Waals surface area contributed by atoms with Crippen LogP contribution in [0.15, 0.2) is 24.3 Å². The number of hydrogen-bond donors (Lipinski definition) is 1. The fourth-order valence-corrected chi connectivity index (χ4v) is 4.69. The zero-order chi connectivity index (χ0) is 20.2. The maximum Gasteiger partial charge on any atom is 0.313 e. The van der Waals surface area contributed by atoms with Gasteiger partial charge in [0.05, 0.1) is 11.5 Å². The molecular formula is C18H28N4O4S. The van der Waals surface area contributed by atoms with Crippen LogP contribution in [-0.4, -0.2) is 88.9 Å². The topological polar surface area (TPSA) is 90.0 Å². The van der Waals surface area contributed by atoms with Gasteiger partial charge < -0.3 is 20.0 Å². The summed E-state index contributed by atoms with van der Waals surface area (Å²) in [5.41, 5.74) is 1.41. The fraction of sp³-hybridized carbons (Fsp3) is 0.556. The van der Waals surface area contributed by atoms with Gasteiger partial charge in [0.1, 0.15) is 0 Å². The van der Waals surface area contributed by atoms with Crippen molar-refractivity contribution in [2.75, 3.05) is 63.0 Å². The van der Waals surface area contributed by atoms with Crippen LogP contribution in [0.4, 0.5) is 11.4 Å². The van der Waals surface area contributed by atoms with E-state index in [0.29, 0.717) is 25.2 Å². The minimum atomic E-state index is -3.16. The third-order valence-corrected chi connectivity index (χ3v) is 6.26. The quantitative estimate of drug-likeness (QED) is 0.694. The minimum absolute atomic E-state index is 0.0515. The second-order valence-corrected chi connectivity index (χ2v) is 9.49. The average Bonchev–Trinajstić information content (AvgIpc) is 2.94. The molecule has 0 aliphatic carbocycles. The molecule has 1 atom stereocenters. The zero-order valence-electron chi connectivity index (χ0n) is 16.3. The van der Waals surface area contributed by atoms with Crippen molar-refractivity contribution in [3.63, 3.8) is 0 Å². The maximum absolute atomic E-state index is 12.8. The van der Waals surface area contributed by atoms with Gasteiger partial charge in [-0.3, -0.25) is 9.59 Å². The van der Waals surface area contributed by atoms with Gasteiger partial charge in [-0.15, -0.1) is 0 Å². The highest BCUT2D eigenvalue weighted by molar-refractivity contribution is 7.91. The molecule has 2 amide bonds.